The summed E-state index contributed by atoms with van der Waals surface area (Å²) < 4.78 is 45.4. The fraction of sp³-hybridized carbons (Fsp3) is 0.556. The van der Waals surface area contributed by atoms with Gasteiger partial charge in [-0.1, -0.05) is 59.7 Å². The zero-order valence-corrected chi connectivity index (χ0v) is 24.2. The van der Waals surface area contributed by atoms with Crippen molar-refractivity contribution >= 4 is 45.3 Å². The molecule has 14 heteroatoms. The number of rotatable bonds is 3. The summed E-state index contributed by atoms with van der Waals surface area (Å²) in [4.78, 5) is 52.6. The molecule has 5 atom stereocenters. The minimum atomic E-state index is -4.60. The summed E-state index contributed by atoms with van der Waals surface area (Å²) in [5.41, 5.74) is -0.758. The topological polar surface area (TPSA) is 134 Å². The third-order valence-electron chi connectivity index (χ3n) is 6.50. The van der Waals surface area contributed by atoms with Crippen molar-refractivity contribution in [2.75, 3.05) is 11.5 Å². The molecule has 0 unspecified atom stereocenters. The number of halogens is 3. The minimum Gasteiger partial charge on any atom is -0.457 e. The Morgan fingerprint density at radius 3 is 2.51 bits per heavy atom. The van der Waals surface area contributed by atoms with Crippen LogP contribution in [0.5, 0.6) is 0 Å². The van der Waals surface area contributed by atoms with E-state index in [4.69, 9.17) is 4.74 Å². The molecule has 0 aliphatic carbocycles. The van der Waals surface area contributed by atoms with Gasteiger partial charge < -0.3 is 25.8 Å². The lowest BCUT2D eigenvalue weighted by Crippen LogP contribution is -2.58. The first-order chi connectivity index (χ1) is 19.3. The molecule has 1 aromatic carbocycles. The number of benzene rings is 1. The lowest BCUT2D eigenvalue weighted by molar-refractivity contribution is -0.151. The van der Waals surface area contributed by atoms with E-state index in [2.05, 4.69) is 16.0 Å². The Bertz CT molecular complexity index is 1130. The Hall–Kier alpha value is -2.71. The normalized spacial score (nSPS) is 28.3. The summed E-state index contributed by atoms with van der Waals surface area (Å²) in [5, 5.41) is 18.7. The first-order valence-electron chi connectivity index (χ1n) is 13.2. The van der Waals surface area contributed by atoms with Crippen LogP contribution in [-0.4, -0.2) is 70.6 Å². The quantitative estimate of drug-likeness (QED) is 0.231. The average Bonchev–Trinajstić information content (AvgIpc) is 2.88. The molecular weight excluding hydrogens is 583 g/mol. The van der Waals surface area contributed by atoms with Crippen LogP contribution >= 0.6 is 21.6 Å². The summed E-state index contributed by atoms with van der Waals surface area (Å²) in [6, 6.07) is 1.14. The number of fused-ring (bicyclic) bond motifs is 7. The molecule has 1 fully saturated rings. The maximum Gasteiger partial charge on any atom is 0.416 e. The summed E-state index contributed by atoms with van der Waals surface area (Å²) >= 11 is 0. The Morgan fingerprint density at radius 2 is 1.80 bits per heavy atom. The first-order valence-corrected chi connectivity index (χ1v) is 15.7. The highest BCUT2D eigenvalue weighted by Crippen LogP contribution is 2.30. The lowest BCUT2D eigenvalue weighted by Gasteiger charge is -2.29. The number of amides is 3. The van der Waals surface area contributed by atoms with Crippen LogP contribution in [0.2, 0.25) is 0 Å². The van der Waals surface area contributed by atoms with Crippen molar-refractivity contribution in [3.63, 3.8) is 0 Å². The number of allylic oxidation sites excluding steroid dienone is 1. The Labute approximate surface area is 244 Å². The zero-order chi connectivity index (χ0) is 30.2. The van der Waals surface area contributed by atoms with Gasteiger partial charge in [-0.25, -0.2) is 0 Å². The van der Waals surface area contributed by atoms with E-state index in [0.717, 1.165) is 12.1 Å². The zero-order valence-electron chi connectivity index (χ0n) is 22.6. The van der Waals surface area contributed by atoms with E-state index in [-0.39, 0.29) is 30.1 Å². The number of carbonyl (C=O) groups is 4. The number of hydrogen-bond donors (Lipinski definition) is 4. The van der Waals surface area contributed by atoms with Crippen LogP contribution in [0, 0.1) is 5.92 Å². The number of aliphatic hydroxyl groups excluding tert-OH is 1. The molecule has 2 aliphatic rings. The van der Waals surface area contributed by atoms with Gasteiger partial charge in [0.15, 0.2) is 0 Å². The van der Waals surface area contributed by atoms with Crippen LogP contribution in [0.15, 0.2) is 36.4 Å². The van der Waals surface area contributed by atoms with Crippen molar-refractivity contribution in [1.29, 1.82) is 0 Å². The third-order valence-corrected chi connectivity index (χ3v) is 8.95. The molecule has 3 amide bonds. The monoisotopic (exact) mass is 617 g/mol. The molecule has 0 radical (unpaired) electrons. The maximum absolute atomic E-state index is 13.5. The number of ether oxygens (including phenoxy) is 1. The van der Waals surface area contributed by atoms with E-state index in [1.54, 1.807) is 26.0 Å². The molecule has 0 spiro atoms. The molecule has 2 heterocycles. The third kappa shape index (κ3) is 10.3. The van der Waals surface area contributed by atoms with Gasteiger partial charge in [-0.2, -0.15) is 13.2 Å². The molecular formula is C27H34F3N3O6S2. The maximum atomic E-state index is 13.5. The minimum absolute atomic E-state index is 0.141. The number of aliphatic hydroxyl groups is 1. The molecule has 2 bridgehead atoms. The summed E-state index contributed by atoms with van der Waals surface area (Å²) in [6.45, 7) is 3.51. The van der Waals surface area contributed by atoms with Gasteiger partial charge in [0, 0.05) is 17.9 Å². The fourth-order valence-electron chi connectivity index (χ4n) is 4.39. The summed E-state index contributed by atoms with van der Waals surface area (Å²) in [7, 11) is 2.80. The molecule has 1 saturated heterocycles. The Balaban J connectivity index is 2.01. The SMILES string of the molecule is CC(C)[C@H]1NC(=O)[C@@H]2CSSCC/C=C/[C@H](CC(=O)N[C@H](Cc3cccc(C(F)(F)F)c3)C(=O)N2)OC(=O)C[C@@H]1O. The molecule has 4 N–H and O–H groups in total. The standard InChI is InChI=1S/C27H34F3N3O6S2/c1-15(2)24-21(34)13-23(36)39-18-8-3-4-9-40-41-14-20(26(38)33-24)32-25(37)19(31-22(35)12-18)11-16-6-5-7-17(10-16)27(28,29)30/h3,5-8,10,15,18-21,24,34H,4,9,11-14H2,1-2H3,(H,31,35)(H,32,37)(H,33,38)/b8-3+/t18-,19-,20+,21+,24-/m1/s1. The van der Waals surface area contributed by atoms with Crippen molar-refractivity contribution in [2.24, 2.45) is 5.92 Å². The van der Waals surface area contributed by atoms with Gasteiger partial charge in [0.2, 0.25) is 17.7 Å². The second kappa shape index (κ2) is 15.0. The second-order valence-electron chi connectivity index (χ2n) is 10.2. The van der Waals surface area contributed by atoms with Gasteiger partial charge >= 0.3 is 12.1 Å². The van der Waals surface area contributed by atoms with Crippen LogP contribution in [0.4, 0.5) is 13.2 Å². The first kappa shape index (κ1) is 32.8. The van der Waals surface area contributed by atoms with E-state index in [1.807, 2.05) is 0 Å². The van der Waals surface area contributed by atoms with Crippen LogP contribution < -0.4 is 16.0 Å². The van der Waals surface area contributed by atoms with Crippen molar-refractivity contribution in [3.8, 4) is 0 Å². The molecule has 9 nitrogen and oxygen atoms in total. The van der Waals surface area contributed by atoms with Crippen molar-refractivity contribution < 1.29 is 42.2 Å². The number of carbonyl (C=O) groups excluding carboxylic acids is 4. The van der Waals surface area contributed by atoms with Crippen LogP contribution in [-0.2, 0) is 36.5 Å². The van der Waals surface area contributed by atoms with Gasteiger partial charge in [0.1, 0.15) is 18.2 Å². The fourth-order valence-corrected chi connectivity index (χ4v) is 6.54. The van der Waals surface area contributed by atoms with Crippen molar-refractivity contribution in [2.45, 2.75) is 76.0 Å². The van der Waals surface area contributed by atoms with E-state index in [1.165, 1.54) is 33.7 Å². The summed E-state index contributed by atoms with van der Waals surface area (Å²) in [6.07, 6.45) is -4.10. The molecule has 0 saturated carbocycles. The Morgan fingerprint density at radius 1 is 1.05 bits per heavy atom. The second-order valence-corrected chi connectivity index (χ2v) is 12.8. The van der Waals surface area contributed by atoms with Crippen molar-refractivity contribution in [3.05, 3.63) is 47.5 Å². The van der Waals surface area contributed by atoms with E-state index in [0.29, 0.717) is 12.2 Å². The molecule has 2 aliphatic heterocycles. The largest absolute Gasteiger partial charge is 0.457 e. The molecule has 41 heavy (non-hydrogen) atoms. The molecule has 3 rings (SSSR count). The highest BCUT2D eigenvalue weighted by molar-refractivity contribution is 8.76. The van der Waals surface area contributed by atoms with E-state index >= 15 is 0 Å². The van der Waals surface area contributed by atoms with E-state index in [9.17, 15) is 37.5 Å². The predicted molar refractivity (Wildman–Crippen MR) is 150 cm³/mol. The number of nitrogens with one attached hydrogen (secondary N) is 3. The van der Waals surface area contributed by atoms with Gasteiger partial charge in [-0.05, 0) is 30.0 Å². The molecule has 0 aromatic heterocycles. The molecule has 1 aromatic rings. The lowest BCUT2D eigenvalue weighted by atomic mass is 9.96. The Kier molecular flexibility index (Phi) is 12.0. The van der Waals surface area contributed by atoms with Gasteiger partial charge in [-0.3, -0.25) is 19.2 Å². The van der Waals surface area contributed by atoms with Crippen molar-refractivity contribution in [1.82, 2.24) is 16.0 Å². The number of hydrogen-bond acceptors (Lipinski definition) is 8. The van der Waals surface area contributed by atoms with Crippen LogP contribution in [0.25, 0.3) is 0 Å². The summed E-state index contributed by atoms with van der Waals surface area (Å²) in [5.74, 6) is -2.35. The van der Waals surface area contributed by atoms with Gasteiger partial charge in [0.05, 0.1) is 30.6 Å². The molecule has 226 valence electrons. The average molecular weight is 618 g/mol. The van der Waals surface area contributed by atoms with Crippen LogP contribution in [0.3, 0.4) is 0 Å². The smallest absolute Gasteiger partial charge is 0.416 e. The predicted octanol–water partition coefficient (Wildman–Crippen LogP) is 2.77. The van der Waals surface area contributed by atoms with E-state index < -0.39 is 72.2 Å². The van der Waals surface area contributed by atoms with Gasteiger partial charge in [0.25, 0.3) is 0 Å². The van der Waals surface area contributed by atoms with Crippen LogP contribution in [0.1, 0.15) is 44.2 Å². The number of esters is 1. The highest BCUT2D eigenvalue weighted by Gasteiger charge is 2.34. The number of alkyl halides is 3. The highest BCUT2D eigenvalue weighted by atomic mass is 33.1. The van der Waals surface area contributed by atoms with Gasteiger partial charge in [-0.15, -0.1) is 0 Å².